The Morgan fingerprint density at radius 2 is 2.25 bits per heavy atom. The topological polar surface area (TPSA) is 29.6 Å². The SMILES string of the molecule is O=C1[CH]O1. The van der Waals surface area contributed by atoms with Gasteiger partial charge in [-0.15, -0.1) is 0 Å². The summed E-state index contributed by atoms with van der Waals surface area (Å²) in [6, 6.07) is 0. The predicted octanol–water partition coefficient (Wildman–Crippen LogP) is -0.295. The molecule has 0 spiro atoms. The quantitative estimate of drug-likeness (QED) is 0.357. The van der Waals surface area contributed by atoms with E-state index in [4.69, 9.17) is 0 Å². The van der Waals surface area contributed by atoms with Crippen LogP contribution in [0.25, 0.3) is 0 Å². The molecule has 1 radical (unpaired) electrons. The Morgan fingerprint density at radius 3 is 2.25 bits per heavy atom. The molecule has 0 aliphatic carbocycles. The fourth-order valence-electron chi connectivity index (χ4n) is 0.0241. The number of epoxide rings is 1. The Hall–Kier alpha value is -0.530. The van der Waals surface area contributed by atoms with Gasteiger partial charge in [-0.3, -0.25) is 0 Å². The molecular formula is C2HO2. The van der Waals surface area contributed by atoms with Crippen LogP contribution in [-0.4, -0.2) is 5.97 Å². The van der Waals surface area contributed by atoms with E-state index in [-0.39, 0.29) is 5.97 Å². The third-order valence-corrected chi connectivity index (χ3v) is 0.214. The summed E-state index contributed by atoms with van der Waals surface area (Å²) in [6.07, 6.45) is 0. The van der Waals surface area contributed by atoms with E-state index < -0.39 is 0 Å². The monoisotopic (exact) mass is 57.0 g/mol. The molecule has 0 unspecified atom stereocenters. The summed E-state index contributed by atoms with van der Waals surface area (Å²) >= 11 is 0. The Kier molecular flexibility index (Phi) is 0.117. The van der Waals surface area contributed by atoms with Crippen molar-refractivity contribution in [3.05, 3.63) is 6.61 Å². The Balaban J connectivity index is 2.60. The number of carbonyl (C=O) groups excluding carboxylic acids is 1. The van der Waals surface area contributed by atoms with Gasteiger partial charge in [-0.25, -0.2) is 4.79 Å². The van der Waals surface area contributed by atoms with Crippen LogP contribution in [0.1, 0.15) is 0 Å². The van der Waals surface area contributed by atoms with E-state index in [1.807, 2.05) is 0 Å². The van der Waals surface area contributed by atoms with Gasteiger partial charge in [-0.1, -0.05) is 0 Å². The summed E-state index contributed by atoms with van der Waals surface area (Å²) in [6.45, 7) is 1.15. The highest BCUT2D eigenvalue weighted by Gasteiger charge is 2.18. The summed E-state index contributed by atoms with van der Waals surface area (Å²) in [5, 5.41) is 0. The molecule has 1 rings (SSSR count). The Bertz CT molecular complexity index is 42.0. The van der Waals surface area contributed by atoms with Crippen LogP contribution in [0.5, 0.6) is 0 Å². The molecular weight excluding hydrogens is 56.0 g/mol. The molecule has 0 aromatic carbocycles. The first-order chi connectivity index (χ1) is 1.89. The molecule has 0 N–H and O–H groups in total. The number of hydrogen-bond donors (Lipinski definition) is 0. The highest BCUT2D eigenvalue weighted by molar-refractivity contribution is 5.90. The third-order valence-electron chi connectivity index (χ3n) is 0.214. The molecule has 1 saturated heterocycles. The summed E-state index contributed by atoms with van der Waals surface area (Å²) in [7, 11) is 0. The molecule has 0 aromatic heterocycles. The smallest absolute Gasteiger partial charge is 0.353 e. The normalized spacial score (nSPS) is 19.5. The van der Waals surface area contributed by atoms with Gasteiger partial charge in [-0.2, -0.15) is 0 Å². The highest BCUT2D eigenvalue weighted by Crippen LogP contribution is 1.99. The van der Waals surface area contributed by atoms with Crippen molar-refractivity contribution in [2.75, 3.05) is 0 Å². The summed E-state index contributed by atoms with van der Waals surface area (Å²) in [5.74, 6) is -0.208. The van der Waals surface area contributed by atoms with Gasteiger partial charge in [0.25, 0.3) is 0 Å². The van der Waals surface area contributed by atoms with Crippen LogP contribution in [0, 0.1) is 6.61 Å². The molecule has 0 aromatic rings. The number of carbonyl (C=O) groups is 1. The standard InChI is InChI=1S/C2HO2/c3-2-1-4-2/h1H. The van der Waals surface area contributed by atoms with Gasteiger partial charge in [-0.05, 0) is 0 Å². The largest absolute Gasteiger partial charge is 0.443 e. The van der Waals surface area contributed by atoms with Gasteiger partial charge in [0.1, 0.15) is 0 Å². The van der Waals surface area contributed by atoms with Gasteiger partial charge >= 0.3 is 5.97 Å². The lowest BCUT2D eigenvalue weighted by atomic mass is 11.0. The zero-order valence-corrected chi connectivity index (χ0v) is 1.89. The van der Waals surface area contributed by atoms with Crippen molar-refractivity contribution in [2.45, 2.75) is 0 Å². The van der Waals surface area contributed by atoms with E-state index in [0.29, 0.717) is 0 Å². The first-order valence-electron chi connectivity index (χ1n) is 0.933. The van der Waals surface area contributed by atoms with Crippen LogP contribution in [0.3, 0.4) is 0 Å². The highest BCUT2D eigenvalue weighted by atomic mass is 16.6. The zero-order valence-electron chi connectivity index (χ0n) is 1.89. The minimum atomic E-state index is -0.208. The minimum Gasteiger partial charge on any atom is -0.443 e. The van der Waals surface area contributed by atoms with Gasteiger partial charge < -0.3 is 4.74 Å². The van der Waals surface area contributed by atoms with Crippen molar-refractivity contribution in [1.82, 2.24) is 0 Å². The molecule has 0 atom stereocenters. The maximum absolute atomic E-state index is 9.28. The molecule has 1 heterocycles. The van der Waals surface area contributed by atoms with E-state index in [2.05, 4.69) is 4.74 Å². The molecule has 0 saturated carbocycles. The van der Waals surface area contributed by atoms with Crippen molar-refractivity contribution in [2.24, 2.45) is 0 Å². The molecule has 1 fully saturated rings. The van der Waals surface area contributed by atoms with Gasteiger partial charge in [0.05, 0.1) is 0 Å². The average molecular weight is 57.0 g/mol. The molecule has 2 nitrogen and oxygen atoms in total. The number of hydrogen-bond acceptors (Lipinski definition) is 2. The molecule has 0 bridgehead atoms. The average Bonchev–Trinajstić information content (AvgIpc) is 1.75. The number of rotatable bonds is 0. The van der Waals surface area contributed by atoms with Crippen molar-refractivity contribution in [3.63, 3.8) is 0 Å². The van der Waals surface area contributed by atoms with Gasteiger partial charge in [0.15, 0.2) is 0 Å². The molecule has 1 aliphatic rings. The minimum absolute atomic E-state index is 0.208. The van der Waals surface area contributed by atoms with Crippen molar-refractivity contribution >= 4 is 5.97 Å². The Labute approximate surface area is 23.4 Å². The van der Waals surface area contributed by atoms with E-state index in [1.54, 1.807) is 0 Å². The van der Waals surface area contributed by atoms with Crippen LogP contribution in [0.15, 0.2) is 0 Å². The lowest BCUT2D eigenvalue weighted by Gasteiger charge is -1.31. The second kappa shape index (κ2) is 0.267. The van der Waals surface area contributed by atoms with Crippen molar-refractivity contribution < 1.29 is 9.53 Å². The van der Waals surface area contributed by atoms with Crippen LogP contribution in [0.2, 0.25) is 0 Å². The zero-order chi connectivity index (χ0) is 2.99. The number of ether oxygens (including phenoxy) is 1. The predicted molar refractivity (Wildman–Crippen MR) is 10.4 cm³/mol. The van der Waals surface area contributed by atoms with Gasteiger partial charge in [0.2, 0.25) is 6.61 Å². The van der Waals surface area contributed by atoms with Crippen LogP contribution >= 0.6 is 0 Å². The maximum Gasteiger partial charge on any atom is 0.353 e. The van der Waals surface area contributed by atoms with Crippen LogP contribution in [-0.2, 0) is 9.53 Å². The van der Waals surface area contributed by atoms with Crippen LogP contribution in [0.4, 0.5) is 0 Å². The van der Waals surface area contributed by atoms with Crippen LogP contribution < -0.4 is 0 Å². The fourth-order valence-corrected chi connectivity index (χ4v) is 0.0241. The maximum atomic E-state index is 9.28. The Morgan fingerprint density at radius 1 is 2.00 bits per heavy atom. The van der Waals surface area contributed by atoms with Crippen molar-refractivity contribution in [1.29, 1.82) is 0 Å². The molecule has 2 heteroatoms. The first kappa shape index (κ1) is 1.76. The van der Waals surface area contributed by atoms with E-state index in [0.717, 1.165) is 6.61 Å². The summed E-state index contributed by atoms with van der Waals surface area (Å²) in [4.78, 5) is 9.28. The summed E-state index contributed by atoms with van der Waals surface area (Å²) < 4.78 is 3.94. The van der Waals surface area contributed by atoms with E-state index >= 15 is 0 Å². The third kappa shape index (κ3) is 0.0532. The molecule has 1 aliphatic heterocycles. The lowest BCUT2D eigenvalue weighted by Crippen LogP contribution is -1.47. The molecule has 0 amide bonds. The fraction of sp³-hybridized carbons (Fsp3) is 0. The van der Waals surface area contributed by atoms with E-state index in [9.17, 15) is 4.79 Å². The first-order valence-corrected chi connectivity index (χ1v) is 0.933. The van der Waals surface area contributed by atoms with E-state index in [1.165, 1.54) is 0 Å². The molecule has 21 valence electrons. The molecule has 4 heavy (non-hydrogen) atoms. The lowest BCUT2D eigenvalue weighted by molar-refractivity contribution is -0.117. The second-order valence-corrected chi connectivity index (χ2v) is 0.555. The van der Waals surface area contributed by atoms with Crippen molar-refractivity contribution in [3.8, 4) is 0 Å². The van der Waals surface area contributed by atoms with Gasteiger partial charge in [0, 0.05) is 0 Å². The number of cyclic esters (lactones) is 1. The second-order valence-electron chi connectivity index (χ2n) is 0.555. The summed E-state index contributed by atoms with van der Waals surface area (Å²) in [5.41, 5.74) is 0.